The Kier molecular flexibility index (Phi) is 36.6. The number of amides is 7. The summed E-state index contributed by atoms with van der Waals surface area (Å²) in [5, 5.41) is 21.2. The van der Waals surface area contributed by atoms with Crippen LogP contribution in [0.4, 0.5) is 43.9 Å². The first-order valence-electron chi connectivity index (χ1n) is 42.1. The minimum absolute atomic E-state index is 0. The van der Waals surface area contributed by atoms with Gasteiger partial charge < -0.3 is 44.1 Å². The number of benzene rings is 12. The molecule has 5 aliphatic rings. The van der Waals surface area contributed by atoms with Crippen LogP contribution in [0.15, 0.2) is 243 Å². The molecule has 12 aromatic carbocycles. The predicted octanol–water partition coefficient (Wildman–Crippen LogP) is 19.0. The maximum atomic E-state index is 13.7. The van der Waals surface area contributed by atoms with Crippen LogP contribution in [0.3, 0.4) is 0 Å². The first kappa shape index (κ1) is 110. The number of aromatic hydroxyl groups is 1. The van der Waals surface area contributed by atoms with Gasteiger partial charge in [-0.15, -0.1) is 0 Å². The third kappa shape index (κ3) is 26.7. The molecule has 0 aliphatic carbocycles. The summed E-state index contributed by atoms with van der Waals surface area (Å²) in [6.45, 7) is 17.5. The minimum atomic E-state index is -2.36. The topological polar surface area (TPSA) is 309 Å². The maximum Gasteiger partial charge on any atom is 1.00 e. The summed E-state index contributed by atoms with van der Waals surface area (Å²) < 4.78 is 148. The molecule has 0 unspecified atom stereocenters. The normalized spacial score (nSPS) is 12.9. The molecule has 12 aromatic rings. The van der Waals surface area contributed by atoms with Crippen molar-refractivity contribution in [3.8, 4) is 11.5 Å². The number of rotatable bonds is 15. The number of thiocarbonyl (C=S) groups is 3. The van der Waals surface area contributed by atoms with E-state index < -0.39 is 116 Å². The second kappa shape index (κ2) is 47.2. The molecule has 0 bridgehead atoms. The number of carbonyl (C=O) groups excluding carboxylic acids is 11. The van der Waals surface area contributed by atoms with Crippen LogP contribution in [-0.2, 0) is 45.7 Å². The predicted molar refractivity (Wildman–Crippen MR) is 510 cm³/mol. The van der Waals surface area contributed by atoms with E-state index in [0.29, 0.717) is 94.8 Å². The van der Waals surface area contributed by atoms with Crippen LogP contribution in [0, 0.1) is 58.2 Å². The Morgan fingerprint density at radius 1 is 0.303 bits per heavy atom. The number of phenols is 1. The Hall–Kier alpha value is -13.8. The maximum absolute atomic E-state index is 13.7. The number of phenolic OH excluding ortho intramolecular Hbond substituents is 1. The summed E-state index contributed by atoms with van der Waals surface area (Å²) in [6, 6.07) is 67.8. The van der Waals surface area contributed by atoms with E-state index >= 15 is 0 Å². The molecule has 23 nitrogen and oxygen atoms in total. The van der Waals surface area contributed by atoms with Crippen molar-refractivity contribution in [1.82, 2.24) is 19.6 Å². The molecule has 724 valence electrons. The van der Waals surface area contributed by atoms with Gasteiger partial charge in [0.2, 0.25) is 63.9 Å². The Labute approximate surface area is 872 Å². The van der Waals surface area contributed by atoms with E-state index in [2.05, 4.69) is 26.0 Å². The zero-order valence-corrected chi connectivity index (χ0v) is 83.8. The number of aromatic carboxylic acids is 1. The van der Waals surface area contributed by atoms with Crippen LogP contribution in [0.1, 0.15) is 231 Å². The first-order valence-corrected chi connectivity index (χ1v) is 44.4. The molecule has 38 heteroatoms. The van der Waals surface area contributed by atoms with E-state index in [1.165, 1.54) is 51.1 Å². The molecule has 0 radical (unpaired) electrons. The molecule has 142 heavy (non-hydrogen) atoms. The third-order valence-corrected chi connectivity index (χ3v) is 22.3. The van der Waals surface area contributed by atoms with Crippen molar-refractivity contribution < 1.29 is 182 Å². The fraction of sp³-hybridized carbons (Fsp3) is 0.163. The number of halogens is 11. The summed E-state index contributed by atoms with van der Waals surface area (Å²) in [7, 11) is 0. The number of ether oxygens (including phenoxy) is 4. The van der Waals surface area contributed by atoms with E-state index in [-0.39, 0.29) is 117 Å². The first-order chi connectivity index (χ1) is 66.5. The second-order valence-electron chi connectivity index (χ2n) is 33.9. The van der Waals surface area contributed by atoms with Gasteiger partial charge in [-0.25, -0.2) is 50.3 Å². The number of hydrogen-bond acceptors (Lipinski definition) is 20. The fourth-order valence-corrected chi connectivity index (χ4v) is 14.8. The van der Waals surface area contributed by atoms with Gasteiger partial charge in [0.15, 0.2) is 5.75 Å². The van der Waals surface area contributed by atoms with Crippen molar-refractivity contribution in [2.24, 2.45) is 0 Å². The fourth-order valence-electron chi connectivity index (χ4n) is 13.5. The molecule has 5 aliphatic heterocycles. The van der Waals surface area contributed by atoms with Crippen molar-refractivity contribution in [2.75, 3.05) is 0 Å². The number of alkyl halides is 1. The molecular formula is C104H79BrF10KN5O18S3. The van der Waals surface area contributed by atoms with Crippen LogP contribution >= 0.6 is 52.6 Å². The molecule has 0 fully saturated rings. The number of carbonyl (C=O) groups is 12. The average Bonchev–Trinajstić information content (AvgIpc) is 1.54. The molecule has 0 saturated heterocycles. The van der Waals surface area contributed by atoms with E-state index in [1.54, 1.807) is 150 Å². The van der Waals surface area contributed by atoms with E-state index in [4.69, 9.17) is 61.1 Å². The Morgan fingerprint density at radius 3 is 0.768 bits per heavy atom. The van der Waals surface area contributed by atoms with Gasteiger partial charge in [-0.05, 0) is 181 Å². The molecule has 17 rings (SSSR count). The van der Waals surface area contributed by atoms with Crippen LogP contribution in [0.2, 0.25) is 0 Å². The molecular weight excluding hydrogens is 2010 g/mol. The standard InChI is InChI=1S/C22H10F5NO3S.C20H19NO4.C20H19NO3S.C16H11NO3S.C12H15BrO2.C8H5NO2.C6HF5O.K/c23-14-15(24)17(26)19(18(27)16(14)25)31-22(30)11-7-5-10(6-8-11)9-28-20(29)12-3-1-2-4-13(12)21(28)32;1-20(2,3)25-19(24)14-10-8-13(9-11-14)12-21-17(22)15-6-4-5-7-16(15)18(21)23;1-20(2,3)24-19(23)14-10-8-13(9-11-14)12-21-17(22)15-6-4-5-7-16(15)18(21)25;18-14-12-3-1-2-4-13(12)15(21)17(14)9-10-5-7-11(8-6-10)16(19)20;1-12(2,3)15-11(14)10-6-4-9(8-13)5-7-10;10-7-5-3-1-2-4-6(5)8(11)9-7;7-1-2(8)4(10)6(12)5(11)3(1)9;/h1-8H,9H2;2*4-11H,12H2,1-3H3;1-8H,9H2,(H,19,20);4-7H,8H2,1-3H3;1-4H,(H,9,10,11);12H;/q;;;;;;;+1/p-1. The van der Waals surface area contributed by atoms with Gasteiger partial charge in [-0.3, -0.25) is 43.6 Å². The van der Waals surface area contributed by atoms with Gasteiger partial charge in [0.05, 0.1) is 93.6 Å². The van der Waals surface area contributed by atoms with Gasteiger partial charge in [-0.1, -0.05) is 204 Å². The second-order valence-corrected chi connectivity index (χ2v) is 35.6. The molecule has 7 amide bonds. The largest absolute Gasteiger partial charge is 1.00 e. The van der Waals surface area contributed by atoms with Gasteiger partial charge in [0.25, 0.3) is 29.5 Å². The van der Waals surface area contributed by atoms with E-state index in [1.807, 2.05) is 123 Å². The van der Waals surface area contributed by atoms with Crippen LogP contribution in [-0.4, -0.2) is 133 Å². The summed E-state index contributed by atoms with van der Waals surface area (Å²) in [5.41, 5.74) is 9.82. The number of hydrogen-bond donors (Lipinski definition) is 2. The Balaban J connectivity index is 0.000000175. The smallest absolute Gasteiger partial charge is 0.587 e. The monoisotopic (exact) mass is 2090 g/mol. The number of fused-ring (bicyclic) bond motifs is 5. The zero-order valence-electron chi connectivity index (χ0n) is 76.7. The molecule has 5 heterocycles. The van der Waals surface area contributed by atoms with E-state index in [9.17, 15) is 101 Å². The van der Waals surface area contributed by atoms with Gasteiger partial charge in [0.1, 0.15) is 31.8 Å². The minimum Gasteiger partial charge on any atom is -0.587 e. The van der Waals surface area contributed by atoms with Gasteiger partial charge in [0, 0.05) is 33.1 Å². The van der Waals surface area contributed by atoms with Crippen LogP contribution in [0.25, 0.3) is 5.32 Å². The van der Waals surface area contributed by atoms with Gasteiger partial charge in [-0.2, -0.15) is 17.6 Å². The quantitative estimate of drug-likeness (QED) is 0.00920. The number of carboxylic acid groups (broad SMARTS) is 1. The summed E-state index contributed by atoms with van der Waals surface area (Å²) >= 11 is 19.5. The van der Waals surface area contributed by atoms with Crippen molar-refractivity contribution in [2.45, 2.75) is 111 Å². The van der Waals surface area contributed by atoms with Crippen molar-refractivity contribution >= 4 is 139 Å². The third-order valence-electron chi connectivity index (χ3n) is 20.3. The molecule has 2 N–H and O–H groups in total. The zero-order chi connectivity index (χ0) is 103. The summed E-state index contributed by atoms with van der Waals surface area (Å²) in [6.07, 6.45) is 0. The van der Waals surface area contributed by atoms with Gasteiger partial charge >= 0.3 is 81.2 Å². The van der Waals surface area contributed by atoms with E-state index in [0.717, 1.165) is 38.7 Å². The van der Waals surface area contributed by atoms with Crippen molar-refractivity contribution in [3.05, 3.63) is 417 Å². The number of imide groups is 2. The van der Waals surface area contributed by atoms with Crippen LogP contribution < -0.4 is 56.1 Å². The number of nitrogens with zero attached hydrogens (tertiary/aromatic N) is 5. The number of esters is 4. The molecule has 0 atom stereocenters. The Bertz CT molecular complexity index is 6580. The van der Waals surface area contributed by atoms with Crippen LogP contribution in [0.5, 0.6) is 11.5 Å². The molecule has 0 aromatic heterocycles. The van der Waals surface area contributed by atoms with Crippen molar-refractivity contribution in [3.63, 3.8) is 0 Å². The Morgan fingerprint density at radius 2 is 0.514 bits per heavy atom. The molecule has 0 spiro atoms. The SMILES string of the molecule is CC(C)(C)OC(=O)c1ccc(CBr)cc1.CC(C)(C)OC(=O)c1ccc(CN2C(=O)c3ccccc3C2=O)cc1.CC(C)(C)OC(=O)c1ccc(CN2C(=O)c3ccccc3C2=S)cc1.O=C(O)c1ccc(CN2C(=O)c3ccccc3C2=S)cc1.O=C(Oc1c(F)c(F)c(F)c(F)c1F)c1ccc(CN2C(=O)c3ccccc3C2=S)cc1.O=C1[N-]C(=O)c2ccccc21.Oc1c(F)c(F)c(F)c(F)c1F.[K+]. The number of carboxylic acids is 1. The molecule has 0 saturated carbocycles. The average molecular weight is 2090 g/mol. The summed E-state index contributed by atoms with van der Waals surface area (Å²) in [4.78, 5) is 150. The summed E-state index contributed by atoms with van der Waals surface area (Å²) in [5.74, 6) is -31.2. The van der Waals surface area contributed by atoms with Crippen molar-refractivity contribution in [1.29, 1.82) is 0 Å².